The van der Waals surface area contributed by atoms with E-state index in [0.29, 0.717) is 17.9 Å². The zero-order valence-electron chi connectivity index (χ0n) is 11.1. The number of likely N-dealkylation sites (N-methyl/N-ethyl adjacent to an activating group) is 1. The van der Waals surface area contributed by atoms with Gasteiger partial charge in [0.15, 0.2) is 5.69 Å². The third-order valence-corrected chi connectivity index (χ3v) is 2.89. The molecule has 0 unspecified atom stereocenters. The Hall–Kier alpha value is -2.37. The highest BCUT2D eigenvalue weighted by atomic mass is 16.2. The quantitative estimate of drug-likeness (QED) is 0.877. The number of pyridine rings is 1. The second-order valence-electron chi connectivity index (χ2n) is 4.44. The molecule has 2 aromatic rings. The van der Waals surface area contributed by atoms with Crippen molar-refractivity contribution in [2.24, 2.45) is 7.05 Å². The molecule has 0 aliphatic rings. The number of hydrogen-bond acceptors (Lipinski definition) is 4. The predicted molar refractivity (Wildman–Crippen MR) is 72.5 cm³/mol. The number of rotatable bonds is 4. The number of hydrogen-bond donors (Lipinski definition) is 1. The lowest BCUT2D eigenvalue weighted by Gasteiger charge is -2.16. The molecule has 0 radical (unpaired) electrons. The van der Waals surface area contributed by atoms with E-state index in [1.807, 2.05) is 12.1 Å². The summed E-state index contributed by atoms with van der Waals surface area (Å²) in [4.78, 5) is 17.7. The fourth-order valence-electron chi connectivity index (χ4n) is 1.80. The number of nitrogen functional groups attached to an aromatic ring is 1. The average Bonchev–Trinajstić information content (AvgIpc) is 2.75. The van der Waals surface area contributed by atoms with E-state index < -0.39 is 0 Å². The molecule has 0 spiro atoms. The molecule has 2 rings (SSSR count). The first-order valence-corrected chi connectivity index (χ1v) is 6.01. The van der Waals surface area contributed by atoms with Gasteiger partial charge in [0.05, 0.1) is 5.69 Å². The van der Waals surface area contributed by atoms with Gasteiger partial charge in [0.2, 0.25) is 0 Å². The number of aromatic nitrogens is 3. The number of anilines is 1. The number of aryl methyl sites for hydroxylation is 1. The topological polar surface area (TPSA) is 77.0 Å². The number of nitrogens with zero attached hydrogens (tertiary/aromatic N) is 4. The number of nitrogens with two attached hydrogens (primary N) is 1. The molecule has 0 fully saturated rings. The molecular weight excluding hydrogens is 242 g/mol. The molecule has 0 bridgehead atoms. The summed E-state index contributed by atoms with van der Waals surface area (Å²) in [6, 6.07) is 3.88. The highest BCUT2D eigenvalue weighted by Gasteiger charge is 2.17. The van der Waals surface area contributed by atoms with Crippen LogP contribution in [-0.4, -0.2) is 39.2 Å². The number of amides is 1. The molecule has 100 valence electrons. The van der Waals surface area contributed by atoms with Crippen molar-refractivity contribution in [1.82, 2.24) is 19.7 Å². The summed E-state index contributed by atoms with van der Waals surface area (Å²) in [5.74, 6) is -0.160. The Morgan fingerprint density at radius 1 is 1.42 bits per heavy atom. The minimum absolute atomic E-state index is 0.160. The van der Waals surface area contributed by atoms with Crippen LogP contribution in [0.3, 0.4) is 0 Å². The molecule has 6 heteroatoms. The summed E-state index contributed by atoms with van der Waals surface area (Å²) in [6.45, 7) is 0.610. The van der Waals surface area contributed by atoms with Gasteiger partial charge in [-0.05, 0) is 24.1 Å². The molecule has 2 aromatic heterocycles. The monoisotopic (exact) mass is 259 g/mol. The van der Waals surface area contributed by atoms with Crippen molar-refractivity contribution < 1.29 is 4.79 Å². The largest absolute Gasteiger partial charge is 0.396 e. The van der Waals surface area contributed by atoms with Crippen LogP contribution in [0.4, 0.5) is 5.69 Å². The molecule has 1 amide bonds. The maximum absolute atomic E-state index is 12.2. The van der Waals surface area contributed by atoms with Gasteiger partial charge in [-0.15, -0.1) is 0 Å². The minimum Gasteiger partial charge on any atom is -0.396 e. The Morgan fingerprint density at radius 3 is 2.68 bits per heavy atom. The van der Waals surface area contributed by atoms with Crippen molar-refractivity contribution in [3.8, 4) is 0 Å². The molecule has 2 N–H and O–H groups in total. The van der Waals surface area contributed by atoms with E-state index in [1.165, 1.54) is 0 Å². The van der Waals surface area contributed by atoms with Crippen molar-refractivity contribution in [1.29, 1.82) is 0 Å². The van der Waals surface area contributed by atoms with E-state index >= 15 is 0 Å². The van der Waals surface area contributed by atoms with Crippen molar-refractivity contribution in [2.75, 3.05) is 19.3 Å². The van der Waals surface area contributed by atoms with Crippen LogP contribution < -0.4 is 5.73 Å². The first-order chi connectivity index (χ1) is 9.08. The SMILES string of the molecule is CN(CCc1ccncc1)C(=O)c1nn(C)cc1N. The van der Waals surface area contributed by atoms with E-state index in [1.54, 1.807) is 42.3 Å². The lowest BCUT2D eigenvalue weighted by Crippen LogP contribution is -2.29. The van der Waals surface area contributed by atoms with Crippen molar-refractivity contribution >= 4 is 11.6 Å². The van der Waals surface area contributed by atoms with E-state index in [-0.39, 0.29) is 5.91 Å². The van der Waals surface area contributed by atoms with Crippen molar-refractivity contribution in [3.63, 3.8) is 0 Å². The summed E-state index contributed by atoms with van der Waals surface area (Å²) >= 11 is 0. The fraction of sp³-hybridized carbons (Fsp3) is 0.308. The highest BCUT2D eigenvalue weighted by molar-refractivity contribution is 5.96. The zero-order valence-corrected chi connectivity index (χ0v) is 11.1. The molecule has 0 saturated carbocycles. The van der Waals surface area contributed by atoms with E-state index in [2.05, 4.69) is 10.1 Å². The Morgan fingerprint density at radius 2 is 2.11 bits per heavy atom. The van der Waals surface area contributed by atoms with E-state index in [0.717, 1.165) is 12.0 Å². The van der Waals surface area contributed by atoms with E-state index in [4.69, 9.17) is 5.73 Å². The lowest BCUT2D eigenvalue weighted by atomic mass is 10.2. The molecule has 2 heterocycles. The Balaban J connectivity index is 1.98. The molecule has 19 heavy (non-hydrogen) atoms. The Kier molecular flexibility index (Phi) is 3.79. The van der Waals surface area contributed by atoms with Crippen LogP contribution >= 0.6 is 0 Å². The zero-order chi connectivity index (χ0) is 13.8. The first kappa shape index (κ1) is 13.1. The molecule has 0 aliphatic carbocycles. The maximum atomic E-state index is 12.2. The lowest BCUT2D eigenvalue weighted by molar-refractivity contribution is 0.0791. The second kappa shape index (κ2) is 5.51. The van der Waals surface area contributed by atoms with Crippen LogP contribution in [0.2, 0.25) is 0 Å². The predicted octanol–water partition coefficient (Wildman–Crippen LogP) is 0.712. The summed E-state index contributed by atoms with van der Waals surface area (Å²) in [6.07, 6.45) is 5.89. The van der Waals surface area contributed by atoms with Crippen LogP contribution in [0.15, 0.2) is 30.7 Å². The second-order valence-corrected chi connectivity index (χ2v) is 4.44. The molecule has 6 nitrogen and oxygen atoms in total. The van der Waals surface area contributed by atoms with Gasteiger partial charge in [-0.1, -0.05) is 0 Å². The number of carbonyl (C=O) groups is 1. The van der Waals surface area contributed by atoms with Gasteiger partial charge in [-0.2, -0.15) is 5.10 Å². The normalized spacial score (nSPS) is 10.4. The van der Waals surface area contributed by atoms with Crippen molar-refractivity contribution in [3.05, 3.63) is 42.0 Å². The average molecular weight is 259 g/mol. The third kappa shape index (κ3) is 3.09. The molecule has 0 aliphatic heterocycles. The van der Waals surface area contributed by atoms with Crippen LogP contribution in [0.1, 0.15) is 16.1 Å². The van der Waals surface area contributed by atoms with Gasteiger partial charge >= 0.3 is 0 Å². The van der Waals surface area contributed by atoms with Crippen LogP contribution in [0.25, 0.3) is 0 Å². The fourth-order valence-corrected chi connectivity index (χ4v) is 1.80. The maximum Gasteiger partial charge on any atom is 0.276 e. The summed E-state index contributed by atoms with van der Waals surface area (Å²) in [5, 5.41) is 4.08. The van der Waals surface area contributed by atoms with Gasteiger partial charge in [-0.25, -0.2) is 0 Å². The standard InChI is InChI=1S/C13H17N5O/c1-17(8-5-10-3-6-15-7-4-10)13(19)12-11(14)9-18(2)16-12/h3-4,6-7,9H,5,8,14H2,1-2H3. The third-order valence-electron chi connectivity index (χ3n) is 2.89. The molecule has 0 aromatic carbocycles. The molecule has 0 saturated heterocycles. The Bertz CT molecular complexity index is 564. The van der Waals surface area contributed by atoms with Gasteiger partial charge in [0.25, 0.3) is 5.91 Å². The summed E-state index contributed by atoms with van der Waals surface area (Å²) in [5.41, 5.74) is 7.60. The summed E-state index contributed by atoms with van der Waals surface area (Å²) < 4.78 is 1.54. The van der Waals surface area contributed by atoms with E-state index in [9.17, 15) is 4.79 Å². The van der Waals surface area contributed by atoms with Gasteiger partial charge < -0.3 is 10.6 Å². The number of carbonyl (C=O) groups excluding carboxylic acids is 1. The smallest absolute Gasteiger partial charge is 0.276 e. The van der Waals surface area contributed by atoms with Gasteiger partial charge in [-0.3, -0.25) is 14.5 Å². The minimum atomic E-state index is -0.160. The van der Waals surface area contributed by atoms with Crippen LogP contribution in [0, 0.1) is 0 Å². The van der Waals surface area contributed by atoms with Crippen LogP contribution in [-0.2, 0) is 13.5 Å². The van der Waals surface area contributed by atoms with Crippen molar-refractivity contribution in [2.45, 2.75) is 6.42 Å². The van der Waals surface area contributed by atoms with Crippen LogP contribution in [0.5, 0.6) is 0 Å². The highest BCUT2D eigenvalue weighted by Crippen LogP contribution is 2.11. The molecular formula is C13H17N5O. The molecule has 0 atom stereocenters. The Labute approximate surface area is 111 Å². The summed E-state index contributed by atoms with van der Waals surface area (Å²) in [7, 11) is 3.49. The first-order valence-electron chi connectivity index (χ1n) is 6.01. The van der Waals surface area contributed by atoms with Gasteiger partial charge in [0.1, 0.15) is 0 Å². The van der Waals surface area contributed by atoms with Gasteiger partial charge in [0, 0.05) is 39.2 Å².